The Kier molecular flexibility index (Phi) is 4.80. The van der Waals surface area contributed by atoms with Crippen molar-refractivity contribution in [2.75, 3.05) is 7.05 Å². The minimum Gasteiger partial charge on any atom is -0.289 e. The Morgan fingerprint density at radius 2 is 1.96 bits per heavy atom. The minimum atomic E-state index is 0.330. The van der Waals surface area contributed by atoms with E-state index in [1.54, 1.807) is 6.20 Å². The fourth-order valence-corrected chi connectivity index (χ4v) is 4.02. The van der Waals surface area contributed by atoms with Crippen molar-refractivity contribution >= 4 is 0 Å². The zero-order valence-electron chi connectivity index (χ0n) is 15.4. The van der Waals surface area contributed by atoms with E-state index in [-0.39, 0.29) is 0 Å². The van der Waals surface area contributed by atoms with Crippen molar-refractivity contribution in [3.05, 3.63) is 77.1 Å². The van der Waals surface area contributed by atoms with Gasteiger partial charge in [-0.3, -0.25) is 20.0 Å². The first kappa shape index (κ1) is 16.9. The van der Waals surface area contributed by atoms with Gasteiger partial charge >= 0.3 is 0 Å². The monoisotopic (exact) mass is 347 g/mol. The van der Waals surface area contributed by atoms with Crippen molar-refractivity contribution in [2.24, 2.45) is 0 Å². The molecule has 0 amide bonds. The average Bonchev–Trinajstić information content (AvgIpc) is 3.16. The van der Waals surface area contributed by atoms with Crippen LogP contribution in [0.3, 0.4) is 0 Å². The summed E-state index contributed by atoms with van der Waals surface area (Å²) in [5.41, 5.74) is 5.80. The molecule has 1 fully saturated rings. The van der Waals surface area contributed by atoms with Crippen molar-refractivity contribution in [3.8, 4) is 0 Å². The average molecular weight is 347 g/mol. The Hall–Kier alpha value is -2.53. The van der Waals surface area contributed by atoms with Crippen LogP contribution < -0.4 is 0 Å². The molecule has 0 unspecified atom stereocenters. The zero-order chi connectivity index (χ0) is 17.9. The van der Waals surface area contributed by atoms with E-state index >= 15 is 0 Å². The standard InChI is InChI=1S/C21H25N5/c1-15-6-5-12-22-21(15)20-10-4-9-19(26(20)2)18-8-3-7-16(24-18)14-17-11-13-23-25-17/h3,5-8,11-13,19-20H,4,9-10,14H2,1-2H3,(H,23,25)/t19-,20+/m1/s1. The van der Waals surface area contributed by atoms with Crippen molar-refractivity contribution in [2.45, 2.75) is 44.7 Å². The van der Waals surface area contributed by atoms with Gasteiger partial charge in [0.25, 0.3) is 0 Å². The molecule has 1 aliphatic rings. The topological polar surface area (TPSA) is 57.7 Å². The lowest BCUT2D eigenvalue weighted by Crippen LogP contribution is -2.34. The number of hydrogen-bond donors (Lipinski definition) is 1. The molecule has 0 spiro atoms. The third-order valence-corrected chi connectivity index (χ3v) is 5.40. The van der Waals surface area contributed by atoms with Crippen molar-refractivity contribution < 1.29 is 0 Å². The zero-order valence-corrected chi connectivity index (χ0v) is 15.4. The summed E-state index contributed by atoms with van der Waals surface area (Å²) >= 11 is 0. The van der Waals surface area contributed by atoms with Gasteiger partial charge in [-0.15, -0.1) is 0 Å². The maximum atomic E-state index is 4.96. The van der Waals surface area contributed by atoms with Crippen LogP contribution in [0.25, 0.3) is 0 Å². The summed E-state index contributed by atoms with van der Waals surface area (Å²) in [5, 5.41) is 7.05. The fraction of sp³-hybridized carbons (Fsp3) is 0.381. The van der Waals surface area contributed by atoms with Gasteiger partial charge in [0.15, 0.2) is 0 Å². The number of nitrogens with one attached hydrogen (secondary N) is 1. The smallest absolute Gasteiger partial charge is 0.0604 e. The highest BCUT2D eigenvalue weighted by Crippen LogP contribution is 2.39. The summed E-state index contributed by atoms with van der Waals surface area (Å²) in [6.07, 6.45) is 7.96. The van der Waals surface area contributed by atoms with Crippen LogP contribution in [0.5, 0.6) is 0 Å². The molecule has 1 N–H and O–H groups in total. The molecule has 5 heteroatoms. The molecule has 3 aromatic heterocycles. The molecule has 4 rings (SSSR count). The van der Waals surface area contributed by atoms with Gasteiger partial charge in [0.2, 0.25) is 0 Å². The normalized spacial score (nSPS) is 21.0. The van der Waals surface area contributed by atoms with Crippen LogP contribution >= 0.6 is 0 Å². The van der Waals surface area contributed by atoms with Crippen LogP contribution in [0, 0.1) is 6.92 Å². The number of rotatable bonds is 4. The number of aromatic nitrogens is 4. The van der Waals surface area contributed by atoms with Gasteiger partial charge in [0, 0.05) is 30.2 Å². The minimum absolute atomic E-state index is 0.330. The van der Waals surface area contributed by atoms with Crippen LogP contribution in [-0.2, 0) is 6.42 Å². The number of piperidine rings is 1. The number of H-pyrrole nitrogens is 1. The van der Waals surface area contributed by atoms with Crippen molar-refractivity contribution in [3.63, 3.8) is 0 Å². The number of aryl methyl sites for hydroxylation is 1. The molecule has 3 aromatic rings. The second-order valence-corrected chi connectivity index (χ2v) is 7.15. The summed E-state index contributed by atoms with van der Waals surface area (Å²) in [7, 11) is 2.21. The molecule has 2 atom stereocenters. The summed E-state index contributed by atoms with van der Waals surface area (Å²) in [6.45, 7) is 2.16. The van der Waals surface area contributed by atoms with E-state index in [2.05, 4.69) is 58.3 Å². The second-order valence-electron chi connectivity index (χ2n) is 7.15. The highest BCUT2D eigenvalue weighted by atomic mass is 15.2. The Labute approximate surface area is 154 Å². The summed E-state index contributed by atoms with van der Waals surface area (Å²) in [5.74, 6) is 0. The van der Waals surface area contributed by atoms with Crippen molar-refractivity contribution in [1.82, 2.24) is 25.1 Å². The summed E-state index contributed by atoms with van der Waals surface area (Å²) < 4.78 is 0. The maximum Gasteiger partial charge on any atom is 0.0604 e. The van der Waals surface area contributed by atoms with E-state index in [0.717, 1.165) is 36.3 Å². The quantitative estimate of drug-likeness (QED) is 0.775. The van der Waals surface area contributed by atoms with Gasteiger partial charge in [-0.1, -0.05) is 12.1 Å². The van der Waals surface area contributed by atoms with E-state index in [4.69, 9.17) is 4.98 Å². The molecular formula is C21H25N5. The van der Waals surface area contributed by atoms with E-state index in [9.17, 15) is 0 Å². The largest absolute Gasteiger partial charge is 0.289 e. The maximum absolute atomic E-state index is 4.96. The van der Waals surface area contributed by atoms with E-state index in [0.29, 0.717) is 12.1 Å². The van der Waals surface area contributed by atoms with Crippen LogP contribution in [-0.4, -0.2) is 32.1 Å². The first-order valence-electron chi connectivity index (χ1n) is 9.30. The molecule has 1 aliphatic heterocycles. The van der Waals surface area contributed by atoms with Crippen LogP contribution in [0.2, 0.25) is 0 Å². The Bertz CT molecular complexity index is 858. The van der Waals surface area contributed by atoms with Gasteiger partial charge in [0.1, 0.15) is 0 Å². The van der Waals surface area contributed by atoms with E-state index in [1.165, 1.54) is 17.7 Å². The number of hydrogen-bond acceptors (Lipinski definition) is 4. The third kappa shape index (κ3) is 3.40. The SMILES string of the molecule is Cc1cccnc1[C@@H]1CCC[C@H](c2cccc(Cc3ccn[nH]3)n2)N1C. The second kappa shape index (κ2) is 7.38. The molecule has 0 radical (unpaired) electrons. The number of likely N-dealkylation sites (tertiary alicyclic amines) is 1. The molecule has 4 heterocycles. The summed E-state index contributed by atoms with van der Waals surface area (Å²) in [6, 6.07) is 13.2. The molecule has 26 heavy (non-hydrogen) atoms. The van der Waals surface area contributed by atoms with Crippen LogP contribution in [0.4, 0.5) is 0 Å². The third-order valence-electron chi connectivity index (χ3n) is 5.40. The predicted molar refractivity (Wildman–Crippen MR) is 102 cm³/mol. The molecule has 134 valence electrons. The van der Waals surface area contributed by atoms with E-state index in [1.807, 2.05) is 18.3 Å². The predicted octanol–water partition coefficient (Wildman–Crippen LogP) is 4.00. The first-order chi connectivity index (χ1) is 12.7. The first-order valence-corrected chi connectivity index (χ1v) is 9.30. The molecule has 1 saturated heterocycles. The Morgan fingerprint density at radius 1 is 1.08 bits per heavy atom. The number of nitrogens with zero attached hydrogens (tertiary/aromatic N) is 4. The van der Waals surface area contributed by atoms with Gasteiger partial charge in [-0.25, -0.2) is 0 Å². The molecule has 0 aromatic carbocycles. The molecule has 0 bridgehead atoms. The Morgan fingerprint density at radius 3 is 2.77 bits per heavy atom. The molecular weight excluding hydrogens is 322 g/mol. The lowest BCUT2D eigenvalue weighted by atomic mass is 9.90. The highest BCUT2D eigenvalue weighted by molar-refractivity contribution is 5.24. The van der Waals surface area contributed by atoms with Crippen LogP contribution in [0.15, 0.2) is 48.8 Å². The van der Waals surface area contributed by atoms with Gasteiger partial charge in [-0.2, -0.15) is 5.10 Å². The molecule has 5 nitrogen and oxygen atoms in total. The number of aromatic amines is 1. The fourth-order valence-electron chi connectivity index (χ4n) is 4.02. The molecule has 0 aliphatic carbocycles. The lowest BCUT2D eigenvalue weighted by Gasteiger charge is -2.39. The lowest BCUT2D eigenvalue weighted by molar-refractivity contribution is 0.109. The highest BCUT2D eigenvalue weighted by Gasteiger charge is 2.31. The van der Waals surface area contributed by atoms with Gasteiger partial charge < -0.3 is 0 Å². The van der Waals surface area contributed by atoms with Crippen LogP contribution in [0.1, 0.15) is 59.7 Å². The van der Waals surface area contributed by atoms with Gasteiger partial charge in [-0.05, 0) is 63.1 Å². The molecule has 0 saturated carbocycles. The van der Waals surface area contributed by atoms with E-state index < -0.39 is 0 Å². The van der Waals surface area contributed by atoms with Gasteiger partial charge in [0.05, 0.1) is 23.5 Å². The Balaban J connectivity index is 1.58. The van der Waals surface area contributed by atoms with Crippen molar-refractivity contribution in [1.29, 1.82) is 0 Å². The number of pyridine rings is 2. The summed E-state index contributed by atoms with van der Waals surface area (Å²) in [4.78, 5) is 12.1.